The van der Waals surface area contributed by atoms with Gasteiger partial charge in [0, 0.05) is 19.3 Å². The molecule has 0 fully saturated rings. The van der Waals surface area contributed by atoms with E-state index in [1.54, 1.807) is 0 Å². The van der Waals surface area contributed by atoms with Crippen LogP contribution in [0.1, 0.15) is 362 Å². The minimum absolute atomic E-state index is 0.0613. The molecule has 0 aromatic rings. The number of ether oxygens (including phenoxy) is 3. The van der Waals surface area contributed by atoms with Crippen molar-refractivity contribution < 1.29 is 28.6 Å². The number of hydrogen-bond donors (Lipinski definition) is 0. The standard InChI is InChI=1S/C63H122O6/c1-5-7-9-11-13-15-17-19-21-23-25-27-29-34-38-42-46-50-54-61(64)67-57-60(58-68-62(65)55-51-47-43-39-35-32-31-33-37-41-45-49-53-59(3)4)69-63(66)56-52-48-44-40-36-30-28-26-24-22-20-18-16-14-12-10-8-6-2/h59-60H,5-58H2,1-4H3/t60-/m1/s1. The van der Waals surface area contributed by atoms with Gasteiger partial charge in [-0.1, -0.05) is 323 Å². The van der Waals surface area contributed by atoms with Crippen molar-refractivity contribution >= 4 is 17.9 Å². The van der Waals surface area contributed by atoms with Crippen molar-refractivity contribution in [1.29, 1.82) is 0 Å². The maximum absolute atomic E-state index is 12.9. The zero-order valence-electron chi connectivity index (χ0n) is 47.3. The fourth-order valence-electron chi connectivity index (χ4n) is 9.81. The lowest BCUT2D eigenvalue weighted by atomic mass is 10.0. The third-order valence-electron chi connectivity index (χ3n) is 14.5. The second kappa shape index (κ2) is 57.3. The van der Waals surface area contributed by atoms with Crippen LogP contribution < -0.4 is 0 Å². The second-order valence-electron chi connectivity index (χ2n) is 22.2. The van der Waals surface area contributed by atoms with E-state index >= 15 is 0 Å². The fraction of sp³-hybridized carbons (Fsp3) is 0.952. The molecule has 0 aliphatic rings. The minimum atomic E-state index is -0.763. The Morgan fingerprint density at radius 2 is 0.478 bits per heavy atom. The van der Waals surface area contributed by atoms with Crippen LogP contribution in [0.5, 0.6) is 0 Å². The molecule has 0 saturated heterocycles. The lowest BCUT2D eigenvalue weighted by Crippen LogP contribution is -2.30. The smallest absolute Gasteiger partial charge is 0.306 e. The lowest BCUT2D eigenvalue weighted by molar-refractivity contribution is -0.167. The SMILES string of the molecule is CCCCCCCCCCCCCCCCCCCCC(=O)OC[C@H](COC(=O)CCCCCCCCCCCCCCC(C)C)OC(=O)CCCCCCCCCCCCCCCCCCCC. The number of unbranched alkanes of at least 4 members (excludes halogenated alkanes) is 45. The van der Waals surface area contributed by atoms with Gasteiger partial charge in [-0.3, -0.25) is 14.4 Å². The number of carbonyl (C=O) groups is 3. The fourth-order valence-corrected chi connectivity index (χ4v) is 9.81. The maximum atomic E-state index is 12.9. The summed E-state index contributed by atoms with van der Waals surface area (Å²) in [5, 5.41) is 0. The van der Waals surface area contributed by atoms with E-state index in [1.807, 2.05) is 0 Å². The molecule has 0 radical (unpaired) electrons. The largest absolute Gasteiger partial charge is 0.462 e. The van der Waals surface area contributed by atoms with Gasteiger partial charge in [-0.05, 0) is 25.2 Å². The van der Waals surface area contributed by atoms with Gasteiger partial charge in [0.15, 0.2) is 6.10 Å². The van der Waals surface area contributed by atoms with Gasteiger partial charge in [-0.15, -0.1) is 0 Å². The molecule has 1 atom stereocenters. The van der Waals surface area contributed by atoms with Gasteiger partial charge in [0.25, 0.3) is 0 Å². The van der Waals surface area contributed by atoms with E-state index in [4.69, 9.17) is 14.2 Å². The Hall–Kier alpha value is -1.59. The van der Waals surface area contributed by atoms with Gasteiger partial charge in [-0.25, -0.2) is 0 Å². The summed E-state index contributed by atoms with van der Waals surface area (Å²) in [4.78, 5) is 38.3. The Morgan fingerprint density at radius 3 is 0.710 bits per heavy atom. The van der Waals surface area contributed by atoms with E-state index in [0.717, 1.165) is 63.7 Å². The highest BCUT2D eigenvalue weighted by Gasteiger charge is 2.19. The monoisotopic (exact) mass is 975 g/mol. The first kappa shape index (κ1) is 67.4. The molecule has 0 rings (SSSR count). The van der Waals surface area contributed by atoms with Crippen LogP contribution >= 0.6 is 0 Å². The third kappa shape index (κ3) is 57.2. The molecule has 0 amide bonds. The van der Waals surface area contributed by atoms with E-state index in [-0.39, 0.29) is 31.1 Å². The molecule has 0 heterocycles. The average Bonchev–Trinajstić information content (AvgIpc) is 3.34. The highest BCUT2D eigenvalue weighted by atomic mass is 16.6. The van der Waals surface area contributed by atoms with Crippen LogP contribution in [0.2, 0.25) is 0 Å². The Balaban J connectivity index is 4.28. The van der Waals surface area contributed by atoms with Gasteiger partial charge in [0.05, 0.1) is 0 Å². The van der Waals surface area contributed by atoms with Gasteiger partial charge in [0.2, 0.25) is 0 Å². The van der Waals surface area contributed by atoms with Gasteiger partial charge >= 0.3 is 17.9 Å². The summed E-state index contributed by atoms with van der Waals surface area (Å²) in [6.07, 6.45) is 63.9. The van der Waals surface area contributed by atoms with Crippen LogP contribution in [0.4, 0.5) is 0 Å². The minimum Gasteiger partial charge on any atom is -0.462 e. The van der Waals surface area contributed by atoms with Crippen LogP contribution in [0.3, 0.4) is 0 Å². The summed E-state index contributed by atoms with van der Waals surface area (Å²) in [5.41, 5.74) is 0. The van der Waals surface area contributed by atoms with Crippen LogP contribution in [0.15, 0.2) is 0 Å². The van der Waals surface area contributed by atoms with E-state index in [0.29, 0.717) is 19.3 Å². The lowest BCUT2D eigenvalue weighted by Gasteiger charge is -2.18. The summed E-state index contributed by atoms with van der Waals surface area (Å²) in [6.45, 7) is 9.08. The van der Waals surface area contributed by atoms with Crippen LogP contribution in [-0.4, -0.2) is 37.2 Å². The average molecular weight is 976 g/mol. The highest BCUT2D eigenvalue weighted by Crippen LogP contribution is 2.19. The Morgan fingerprint density at radius 1 is 0.275 bits per heavy atom. The van der Waals surface area contributed by atoms with E-state index in [9.17, 15) is 14.4 Å². The Bertz CT molecular complexity index is 1040. The van der Waals surface area contributed by atoms with Gasteiger partial charge in [0.1, 0.15) is 13.2 Å². The van der Waals surface area contributed by atoms with Crippen molar-refractivity contribution in [1.82, 2.24) is 0 Å². The van der Waals surface area contributed by atoms with E-state index < -0.39 is 6.10 Å². The highest BCUT2D eigenvalue weighted by molar-refractivity contribution is 5.71. The third-order valence-corrected chi connectivity index (χ3v) is 14.5. The Labute approximate surface area is 431 Å². The van der Waals surface area contributed by atoms with Crippen LogP contribution in [-0.2, 0) is 28.6 Å². The first-order chi connectivity index (χ1) is 33.9. The van der Waals surface area contributed by atoms with Crippen molar-refractivity contribution in [3.63, 3.8) is 0 Å². The quantitative estimate of drug-likeness (QED) is 0.0343. The van der Waals surface area contributed by atoms with Crippen molar-refractivity contribution in [2.45, 2.75) is 368 Å². The summed E-state index contributed by atoms with van der Waals surface area (Å²) in [5.74, 6) is 0.00439. The van der Waals surface area contributed by atoms with Crippen LogP contribution in [0.25, 0.3) is 0 Å². The van der Waals surface area contributed by atoms with Crippen molar-refractivity contribution in [2.75, 3.05) is 13.2 Å². The summed E-state index contributed by atoms with van der Waals surface area (Å²) in [7, 11) is 0. The van der Waals surface area contributed by atoms with Crippen molar-refractivity contribution in [2.24, 2.45) is 5.92 Å². The number of esters is 3. The molecule has 410 valence electrons. The molecule has 0 aromatic heterocycles. The van der Waals surface area contributed by atoms with Crippen molar-refractivity contribution in [3.8, 4) is 0 Å². The summed E-state index contributed by atoms with van der Waals surface area (Å²) < 4.78 is 16.9. The molecule has 0 bridgehead atoms. The number of carbonyl (C=O) groups excluding carboxylic acids is 3. The van der Waals surface area contributed by atoms with E-state index in [1.165, 1.54) is 257 Å². The Kier molecular flexibility index (Phi) is 56.0. The number of rotatable bonds is 58. The molecule has 0 aliphatic carbocycles. The predicted octanol–water partition coefficient (Wildman–Crippen LogP) is 21.0. The summed E-state index contributed by atoms with van der Waals surface area (Å²) >= 11 is 0. The molecule has 0 aliphatic heterocycles. The summed E-state index contributed by atoms with van der Waals surface area (Å²) in [6, 6.07) is 0. The molecule has 6 nitrogen and oxygen atoms in total. The molecule has 69 heavy (non-hydrogen) atoms. The zero-order valence-corrected chi connectivity index (χ0v) is 47.3. The molecule has 0 spiro atoms. The topological polar surface area (TPSA) is 78.9 Å². The van der Waals surface area contributed by atoms with Crippen molar-refractivity contribution in [3.05, 3.63) is 0 Å². The van der Waals surface area contributed by atoms with E-state index in [2.05, 4.69) is 27.7 Å². The molecule has 6 heteroatoms. The van der Waals surface area contributed by atoms with Crippen LogP contribution in [0, 0.1) is 5.92 Å². The molecular formula is C63H122O6. The molecule has 0 saturated carbocycles. The van der Waals surface area contributed by atoms with Gasteiger partial charge in [-0.2, -0.15) is 0 Å². The first-order valence-corrected chi connectivity index (χ1v) is 31.4. The molecule has 0 unspecified atom stereocenters. The number of hydrogen-bond acceptors (Lipinski definition) is 6. The predicted molar refractivity (Wildman–Crippen MR) is 298 cm³/mol. The first-order valence-electron chi connectivity index (χ1n) is 31.4. The zero-order chi connectivity index (χ0) is 50.2. The molecular weight excluding hydrogens is 853 g/mol. The second-order valence-corrected chi connectivity index (χ2v) is 22.2. The van der Waals surface area contributed by atoms with Gasteiger partial charge < -0.3 is 14.2 Å². The normalized spacial score (nSPS) is 12.0. The molecule has 0 aromatic carbocycles. The molecule has 0 N–H and O–H groups in total. The maximum Gasteiger partial charge on any atom is 0.306 e.